The number of ether oxygens (including phenoxy) is 1. The molecule has 2 fully saturated rings. The Morgan fingerprint density at radius 3 is 2.65 bits per heavy atom. The Balaban J connectivity index is 1.94. The van der Waals surface area contributed by atoms with Crippen LogP contribution >= 0.6 is 10.6 Å². The predicted octanol–water partition coefficient (Wildman–Crippen LogP) is 3.64. The average molecular weight is 379 g/mol. The Kier molecular flexibility index (Phi) is 3.92. The van der Waals surface area contributed by atoms with E-state index >= 15 is 0 Å². The zero-order valence-electron chi connectivity index (χ0n) is 15.7. The number of anilines is 1. The number of fused-ring (bicyclic) bond motifs is 1. The van der Waals surface area contributed by atoms with Crippen molar-refractivity contribution in [2.75, 3.05) is 24.0 Å². The van der Waals surface area contributed by atoms with Gasteiger partial charge < -0.3 is 4.74 Å². The zero-order chi connectivity index (χ0) is 18.7. The summed E-state index contributed by atoms with van der Waals surface area (Å²) in [5.41, 5.74) is 0.602. The number of esters is 1. The van der Waals surface area contributed by atoms with Crippen LogP contribution in [0.4, 0.5) is 5.69 Å². The first-order valence-corrected chi connectivity index (χ1v) is 11.3. The van der Waals surface area contributed by atoms with Crippen molar-refractivity contribution < 1.29 is 22.7 Å². The lowest BCUT2D eigenvalue weighted by Gasteiger charge is -2.43. The van der Waals surface area contributed by atoms with Crippen LogP contribution < -0.4 is 4.90 Å². The summed E-state index contributed by atoms with van der Waals surface area (Å²) in [4.78, 5) is 26.7. The zero-order valence-corrected chi connectivity index (χ0v) is 16.5. The lowest BCUT2D eigenvalue weighted by atomic mass is 9.75. The summed E-state index contributed by atoms with van der Waals surface area (Å²) >= 11 is 0. The molecule has 0 N–H and O–H groups in total. The van der Waals surface area contributed by atoms with Gasteiger partial charge in [0.05, 0.1) is 17.9 Å². The van der Waals surface area contributed by atoms with Gasteiger partial charge in [-0.1, -0.05) is 0 Å². The van der Waals surface area contributed by atoms with E-state index < -0.39 is 21.9 Å². The minimum atomic E-state index is -1.77. The minimum absolute atomic E-state index is 0.0698. The van der Waals surface area contributed by atoms with Gasteiger partial charge >= 0.3 is 5.97 Å². The van der Waals surface area contributed by atoms with Gasteiger partial charge in [-0.3, -0.25) is 18.1 Å². The number of benzene rings is 1. The second kappa shape index (κ2) is 5.71. The standard InChI is InChI=1S/C19H25NO5S/c1-5-23-17(22)14-8-9-16-15(12-14)18-10-6-7-11-19(18,20(16)13(2)21)25-26(3,4)24-18/h8-9,12H,5-7,10-11H2,1-4H3. The first kappa shape index (κ1) is 17.8. The smallest absolute Gasteiger partial charge is 0.338 e. The van der Waals surface area contributed by atoms with Crippen molar-refractivity contribution in [1.82, 2.24) is 0 Å². The van der Waals surface area contributed by atoms with E-state index in [1.54, 1.807) is 24.8 Å². The number of nitrogens with zero attached hydrogens (tertiary/aromatic N) is 1. The van der Waals surface area contributed by atoms with E-state index in [4.69, 9.17) is 13.1 Å². The molecule has 1 saturated carbocycles. The fourth-order valence-electron chi connectivity index (χ4n) is 4.78. The van der Waals surface area contributed by atoms with E-state index in [2.05, 4.69) is 0 Å². The summed E-state index contributed by atoms with van der Waals surface area (Å²) in [6.07, 6.45) is 7.40. The van der Waals surface area contributed by atoms with E-state index in [0.717, 1.165) is 36.9 Å². The van der Waals surface area contributed by atoms with Gasteiger partial charge in [-0.15, -0.1) is 0 Å². The maximum atomic E-state index is 12.6. The molecule has 0 aromatic heterocycles. The maximum absolute atomic E-state index is 12.6. The topological polar surface area (TPSA) is 65.1 Å². The number of hydrogen-bond acceptors (Lipinski definition) is 5. The van der Waals surface area contributed by atoms with Crippen LogP contribution in [0.5, 0.6) is 0 Å². The Morgan fingerprint density at radius 1 is 1.23 bits per heavy atom. The molecule has 1 aromatic rings. The van der Waals surface area contributed by atoms with Crippen LogP contribution in [0.3, 0.4) is 0 Å². The van der Waals surface area contributed by atoms with E-state index in [0.29, 0.717) is 12.2 Å². The van der Waals surface area contributed by atoms with Gasteiger partial charge in [0.1, 0.15) is 0 Å². The van der Waals surface area contributed by atoms with E-state index in [9.17, 15) is 9.59 Å². The van der Waals surface area contributed by atoms with Gasteiger partial charge in [0, 0.05) is 31.4 Å². The normalized spacial score (nSPS) is 32.4. The van der Waals surface area contributed by atoms with Gasteiger partial charge in [0.15, 0.2) is 5.60 Å². The van der Waals surface area contributed by atoms with Crippen LogP contribution in [-0.2, 0) is 23.5 Å². The molecule has 2 aliphatic heterocycles. The predicted molar refractivity (Wildman–Crippen MR) is 100 cm³/mol. The van der Waals surface area contributed by atoms with Crippen molar-refractivity contribution in [2.45, 2.75) is 50.9 Å². The molecule has 2 atom stereocenters. The molecule has 2 unspecified atom stereocenters. The molecule has 7 heteroatoms. The largest absolute Gasteiger partial charge is 0.462 e. The molecule has 4 rings (SSSR count). The molecule has 1 aromatic carbocycles. The Morgan fingerprint density at radius 2 is 1.96 bits per heavy atom. The molecule has 0 spiro atoms. The molecule has 2 heterocycles. The fraction of sp³-hybridized carbons (Fsp3) is 0.579. The number of rotatable bonds is 2. The molecule has 3 aliphatic rings. The molecule has 1 saturated heterocycles. The van der Waals surface area contributed by atoms with E-state index in [1.807, 2.05) is 24.6 Å². The highest BCUT2D eigenvalue weighted by Crippen LogP contribution is 2.73. The lowest BCUT2D eigenvalue weighted by Crippen LogP contribution is -2.59. The number of hydrogen-bond donors (Lipinski definition) is 0. The van der Waals surface area contributed by atoms with Crippen LogP contribution in [0.1, 0.15) is 55.5 Å². The second-order valence-corrected chi connectivity index (χ2v) is 10.1. The van der Waals surface area contributed by atoms with Crippen molar-refractivity contribution in [3.8, 4) is 0 Å². The molecule has 1 aliphatic carbocycles. The summed E-state index contributed by atoms with van der Waals surface area (Å²) in [6, 6.07) is 5.37. The third-order valence-corrected chi connectivity index (χ3v) is 6.83. The quantitative estimate of drug-likeness (QED) is 0.734. The van der Waals surface area contributed by atoms with Crippen LogP contribution in [0.2, 0.25) is 0 Å². The first-order chi connectivity index (χ1) is 12.3. The maximum Gasteiger partial charge on any atom is 0.338 e. The molecule has 26 heavy (non-hydrogen) atoms. The van der Waals surface area contributed by atoms with Crippen molar-refractivity contribution in [2.24, 2.45) is 0 Å². The Labute approximate surface area is 155 Å². The third kappa shape index (κ3) is 2.20. The van der Waals surface area contributed by atoms with Crippen molar-refractivity contribution >= 4 is 28.2 Å². The summed E-state index contributed by atoms with van der Waals surface area (Å²) in [7, 11) is -1.77. The summed E-state index contributed by atoms with van der Waals surface area (Å²) in [6.45, 7) is 3.67. The first-order valence-electron chi connectivity index (χ1n) is 9.03. The number of carbonyl (C=O) groups excluding carboxylic acids is 2. The molecule has 0 bridgehead atoms. The van der Waals surface area contributed by atoms with Crippen molar-refractivity contribution in [3.63, 3.8) is 0 Å². The highest BCUT2D eigenvalue weighted by molar-refractivity contribution is 8.24. The van der Waals surface area contributed by atoms with Gasteiger partial charge in [-0.25, -0.2) is 4.79 Å². The number of amides is 1. The Bertz CT molecular complexity index is 794. The molecular weight excluding hydrogens is 354 g/mol. The Hall–Kier alpha value is -1.57. The molecule has 1 amide bonds. The summed E-state index contributed by atoms with van der Waals surface area (Å²) < 4.78 is 18.2. The summed E-state index contributed by atoms with van der Waals surface area (Å²) in [5, 5.41) is 0. The average Bonchev–Trinajstić information content (AvgIpc) is 2.95. The molecular formula is C19H25NO5S. The van der Waals surface area contributed by atoms with Crippen molar-refractivity contribution in [1.29, 1.82) is 0 Å². The van der Waals surface area contributed by atoms with Gasteiger partial charge in [0.25, 0.3) is 0 Å². The van der Waals surface area contributed by atoms with E-state index in [1.165, 1.54) is 0 Å². The highest BCUT2D eigenvalue weighted by atomic mass is 32.3. The van der Waals surface area contributed by atoms with Gasteiger partial charge in [-0.05, 0) is 44.4 Å². The SMILES string of the molecule is CCOC(=O)c1ccc2c(c1)C13CCCCC1(OS(C)(C)O3)N2C(C)=O. The van der Waals surface area contributed by atoms with Crippen LogP contribution in [0.15, 0.2) is 18.2 Å². The van der Waals surface area contributed by atoms with Crippen LogP contribution in [0.25, 0.3) is 0 Å². The highest BCUT2D eigenvalue weighted by Gasteiger charge is 2.72. The van der Waals surface area contributed by atoms with Crippen LogP contribution in [0, 0.1) is 0 Å². The van der Waals surface area contributed by atoms with Gasteiger partial charge in [-0.2, -0.15) is 10.6 Å². The van der Waals surface area contributed by atoms with Crippen molar-refractivity contribution in [3.05, 3.63) is 29.3 Å². The lowest BCUT2D eigenvalue weighted by molar-refractivity contribution is -0.127. The monoisotopic (exact) mass is 379 g/mol. The molecule has 0 radical (unpaired) electrons. The third-order valence-electron chi connectivity index (χ3n) is 5.47. The number of carbonyl (C=O) groups is 2. The second-order valence-electron chi connectivity index (χ2n) is 7.43. The van der Waals surface area contributed by atoms with E-state index in [-0.39, 0.29) is 11.9 Å². The van der Waals surface area contributed by atoms with Crippen LogP contribution in [-0.4, -0.2) is 36.7 Å². The minimum Gasteiger partial charge on any atom is -0.462 e. The molecule has 6 nitrogen and oxygen atoms in total. The fourth-order valence-corrected chi connectivity index (χ4v) is 6.76. The summed E-state index contributed by atoms with van der Waals surface area (Å²) in [5.74, 6) is -0.431. The molecule has 142 valence electrons. The van der Waals surface area contributed by atoms with Gasteiger partial charge in [0.2, 0.25) is 11.6 Å².